The second kappa shape index (κ2) is 27.6. The van der Waals surface area contributed by atoms with E-state index in [4.69, 9.17) is 10.5 Å². The van der Waals surface area contributed by atoms with Crippen LogP contribution >= 0.6 is 0 Å². The van der Waals surface area contributed by atoms with Gasteiger partial charge in [0.1, 0.15) is 24.1 Å². The lowest BCUT2D eigenvalue weighted by Crippen LogP contribution is -2.41. The topological polar surface area (TPSA) is 355 Å². The molecule has 8 rings (SSSR count). The van der Waals surface area contributed by atoms with Crippen molar-refractivity contribution in [1.29, 1.82) is 0 Å². The van der Waals surface area contributed by atoms with E-state index in [1.54, 1.807) is 42.5 Å². The number of anilines is 3. The van der Waals surface area contributed by atoms with Crippen molar-refractivity contribution in [3.63, 3.8) is 0 Å². The van der Waals surface area contributed by atoms with Crippen molar-refractivity contribution < 1.29 is 62.9 Å². The van der Waals surface area contributed by atoms with Crippen LogP contribution in [0.25, 0.3) is 11.2 Å². The van der Waals surface area contributed by atoms with Gasteiger partial charge in [-0.05, 0) is 142 Å². The minimum absolute atomic E-state index is 0.0253. The number of nitrogens with two attached hydrogens (primary N) is 1. The minimum atomic E-state index is -4.37. The van der Waals surface area contributed by atoms with Crippen LogP contribution in [0.4, 0.5) is 23.0 Å². The van der Waals surface area contributed by atoms with Gasteiger partial charge in [0.2, 0.25) is 11.6 Å². The number of H-pyrrole nitrogens is 1. The third-order valence-electron chi connectivity index (χ3n) is 15.8. The van der Waals surface area contributed by atoms with E-state index in [-0.39, 0.29) is 54.2 Å². The van der Waals surface area contributed by atoms with E-state index >= 15 is 0 Å². The molecular formula is C63H74N9O14S3+. The molecule has 0 spiro atoms. The summed E-state index contributed by atoms with van der Waals surface area (Å²) in [6.07, 6.45) is 18.7. The Balaban J connectivity index is 1.08. The van der Waals surface area contributed by atoms with E-state index in [2.05, 4.69) is 74.1 Å². The fourth-order valence-corrected chi connectivity index (χ4v) is 13.0. The van der Waals surface area contributed by atoms with Crippen LogP contribution in [0.5, 0.6) is 0 Å². The maximum atomic E-state index is 13.5. The third-order valence-corrected chi connectivity index (χ3v) is 18.1. The summed E-state index contributed by atoms with van der Waals surface area (Å²) in [5, 5.41) is 16.1. The second-order valence-electron chi connectivity index (χ2n) is 23.2. The van der Waals surface area contributed by atoms with Crippen LogP contribution in [-0.4, -0.2) is 117 Å². The number of allylic oxidation sites excluding steroid dienone is 10. The van der Waals surface area contributed by atoms with Crippen molar-refractivity contribution in [1.82, 2.24) is 25.3 Å². The summed E-state index contributed by atoms with van der Waals surface area (Å²) in [6.45, 7) is 15.2. The van der Waals surface area contributed by atoms with Gasteiger partial charge >= 0.3 is 5.97 Å². The molecule has 472 valence electrons. The number of carboxylic acid groups (broad SMARTS) is 1. The Bertz CT molecular complexity index is 4240. The summed E-state index contributed by atoms with van der Waals surface area (Å²) in [5.41, 5.74) is 14.1. The number of carboxylic acids is 1. The number of nitrogens with zero attached hydrogens (tertiary/aromatic N) is 5. The summed E-state index contributed by atoms with van der Waals surface area (Å²) in [7, 11) is -12.7. The van der Waals surface area contributed by atoms with Crippen LogP contribution in [0.1, 0.15) is 117 Å². The highest BCUT2D eigenvalue weighted by atomic mass is 32.2. The Labute approximate surface area is 517 Å². The highest BCUT2D eigenvalue weighted by Gasteiger charge is 2.45. The molecule has 9 N–H and O–H groups in total. The number of hydrogen-bond donors (Lipinski definition) is 8. The molecule has 3 aliphatic rings. The summed E-state index contributed by atoms with van der Waals surface area (Å²) in [4.78, 5) is 55.5. The molecule has 2 aromatic heterocycles. The number of carbonyl (C=O) groups is 2. The quantitative estimate of drug-likeness (QED) is 0.00607. The zero-order valence-corrected chi connectivity index (χ0v) is 52.5. The zero-order valence-electron chi connectivity index (χ0n) is 50.1. The van der Waals surface area contributed by atoms with Gasteiger partial charge in [0, 0.05) is 65.1 Å². The van der Waals surface area contributed by atoms with Gasteiger partial charge in [-0.25, -0.2) is 14.8 Å². The average molecular weight is 1290 g/mol. The molecule has 0 saturated carbocycles. The van der Waals surface area contributed by atoms with Crippen LogP contribution in [0, 0.1) is 6.92 Å². The Kier molecular flexibility index (Phi) is 20.6. The standard InChI is InChI=1S/C63H73N9O14S3/c1-7-41(36-50(60(75)76)68-58(73)45-19-23-46(24-20-45)65-37-47-38-66-57-55(67-47)59(74)70-61(64)69-57)14-13-31-86-56-43(21-27-53-62(3,4)48-34-40(2)17-25-51(48)71(53)29-8-10-32-87(77,78)79)15-12-16-44(56)22-28-54-63(5,6)49-35-42(39-89(83,84)85)18-26-52(49)72(54)30-9-11-33-88(80,81)82/h7,13-14,17-28,31,34-35,38,50H,1,8-12,15-16,29-30,32-33,36-37,39H2,2-6H3,(H8-,64,65,66,68,69,70,73,74,75,76,77,78,79,80,81,82,83,84,85)/p+1/b31-13+,41-14+/t50-/m0/s1/i7+2,13+2,14+1,31+2,36+2,41+1,50+2,60+2. The Hall–Kier alpha value is -8.40. The van der Waals surface area contributed by atoms with Crippen LogP contribution in [-0.2, 0) is 63.0 Å². The van der Waals surface area contributed by atoms with E-state index in [1.807, 2.05) is 49.6 Å². The number of aromatic nitrogens is 4. The number of nitrogens with one attached hydrogen (secondary N) is 3. The molecule has 0 saturated heterocycles. The minimum Gasteiger partial charge on any atom is -0.480 e. The number of rotatable bonds is 27. The van der Waals surface area contributed by atoms with Crippen molar-refractivity contribution in [2.45, 2.75) is 115 Å². The summed E-state index contributed by atoms with van der Waals surface area (Å²) in [5.74, 6) is -2.86. The van der Waals surface area contributed by atoms with Crippen molar-refractivity contribution in [2.75, 3.05) is 40.5 Å². The number of aliphatic carboxylic acids is 1. The molecule has 0 unspecified atom stereocenters. The van der Waals surface area contributed by atoms with Gasteiger partial charge < -0.3 is 31.1 Å². The number of nitrogen functional groups attached to an aromatic ring is 1. The van der Waals surface area contributed by atoms with Crippen molar-refractivity contribution in [2.24, 2.45) is 0 Å². The number of benzene rings is 3. The van der Waals surface area contributed by atoms with Crippen LogP contribution in [0.2, 0.25) is 0 Å². The van der Waals surface area contributed by atoms with Gasteiger partial charge in [-0.2, -0.15) is 34.8 Å². The average Bonchev–Trinajstić information content (AvgIpc) is 1.65. The van der Waals surface area contributed by atoms with E-state index < -0.39 is 76.2 Å². The maximum absolute atomic E-state index is 13.5. The largest absolute Gasteiger partial charge is 0.480 e. The highest BCUT2D eigenvalue weighted by Crippen LogP contribution is 2.49. The first-order valence-corrected chi connectivity index (χ1v) is 33.6. The number of carbonyl (C=O) groups excluding carboxylic acids is 1. The van der Waals surface area contributed by atoms with Gasteiger partial charge in [0.15, 0.2) is 16.9 Å². The summed E-state index contributed by atoms with van der Waals surface area (Å²) < 4.78 is 108. The lowest BCUT2D eigenvalue weighted by molar-refractivity contribution is -0.438. The molecule has 23 nitrogen and oxygen atoms in total. The molecule has 1 amide bonds. The molecular weight excluding hydrogens is 1220 g/mol. The van der Waals surface area contributed by atoms with Gasteiger partial charge in [0.25, 0.3) is 41.8 Å². The first-order chi connectivity index (χ1) is 41.9. The Morgan fingerprint density at radius 1 is 0.921 bits per heavy atom. The number of aryl methyl sites for hydroxylation is 1. The molecule has 26 heteroatoms. The van der Waals surface area contributed by atoms with Crippen molar-refractivity contribution >= 4 is 82.1 Å². The molecule has 0 bridgehead atoms. The van der Waals surface area contributed by atoms with Crippen molar-refractivity contribution in [3.8, 4) is 0 Å². The molecule has 1 atom stereocenters. The van der Waals surface area contributed by atoms with Crippen LogP contribution in [0.15, 0.2) is 155 Å². The molecule has 2 aliphatic heterocycles. The van der Waals surface area contributed by atoms with Gasteiger partial charge in [-0.1, -0.05) is 62.4 Å². The normalized spacial score (nSPS) is 17.3. The zero-order chi connectivity index (χ0) is 64.6. The number of unbranched alkanes of at least 4 members (excludes halogenated alkanes) is 2. The highest BCUT2D eigenvalue weighted by molar-refractivity contribution is 7.86. The predicted molar refractivity (Wildman–Crippen MR) is 342 cm³/mol. The summed E-state index contributed by atoms with van der Waals surface area (Å²) >= 11 is 0. The molecule has 4 heterocycles. The van der Waals surface area contributed by atoms with Gasteiger partial charge in [-0.15, -0.1) is 0 Å². The van der Waals surface area contributed by atoms with E-state index in [0.717, 1.165) is 57.0 Å². The number of fused-ring (bicyclic) bond motifs is 3. The Morgan fingerprint density at radius 3 is 2.33 bits per heavy atom. The first kappa shape index (κ1) is 66.6. The summed E-state index contributed by atoms with van der Waals surface area (Å²) in [6, 6.07) is 16.3. The number of aromatic amines is 1. The van der Waals surface area contributed by atoms with Gasteiger partial charge in [0.05, 0.1) is 41.6 Å². The second-order valence-corrected chi connectivity index (χ2v) is 27.8. The lowest BCUT2D eigenvalue weighted by Gasteiger charge is -2.27. The molecule has 1 aliphatic carbocycles. The number of hydrogen-bond acceptors (Lipinski definition) is 16. The predicted octanol–water partition coefficient (Wildman–Crippen LogP) is 8.83. The first-order valence-electron chi connectivity index (χ1n) is 28.8. The lowest BCUT2D eigenvalue weighted by atomic mass is 9.80. The SMILES string of the molecule is C=[14CH]/[13C](=[13CH]\[14CH]=[14CH]\OC1=C(/C=C/C2=[N+](CCCCS(=O)(=O)O)c3ccc(CS(=O)(=O)O)cc3C2(C)C)CCC/C1=C\C=C1\N(CCCCS(=O)(=O)O)c2ccc(C)cc2C1(C)C)[14CH2][14C@H](NC(=O)c1ccc(NCc2cnc3nc(N)[nH]c(=O)c3n2)cc1)[14C](=O)O. The monoisotopic (exact) mass is 1290 g/mol. The van der Waals surface area contributed by atoms with Gasteiger partial charge in [-0.3, -0.25) is 28.2 Å². The molecule has 0 fully saturated rings. The molecule has 5 aromatic rings. The van der Waals surface area contributed by atoms with Crippen LogP contribution in [0.3, 0.4) is 0 Å². The fraction of sp³-hybridized carbons (Fsp3) is 0.349. The number of ether oxygens (including phenoxy) is 1. The maximum Gasteiger partial charge on any atom is 0.326 e. The fourth-order valence-electron chi connectivity index (χ4n) is 11.3. The molecule has 89 heavy (non-hydrogen) atoms. The van der Waals surface area contributed by atoms with E-state index in [9.17, 15) is 58.4 Å². The number of amides is 1. The molecule has 0 radical (unpaired) electrons. The third kappa shape index (κ3) is 17.1. The van der Waals surface area contributed by atoms with E-state index in [0.29, 0.717) is 67.0 Å². The van der Waals surface area contributed by atoms with Crippen molar-refractivity contribution in [3.05, 3.63) is 194 Å². The van der Waals surface area contributed by atoms with Crippen LogP contribution < -0.4 is 26.8 Å². The smallest absolute Gasteiger partial charge is 0.326 e. The van der Waals surface area contributed by atoms with E-state index in [1.165, 1.54) is 30.7 Å². The Morgan fingerprint density at radius 2 is 1.64 bits per heavy atom. The molecule has 3 aromatic carbocycles.